The van der Waals surface area contributed by atoms with Gasteiger partial charge in [-0.2, -0.15) is 0 Å². The van der Waals surface area contributed by atoms with Crippen LogP contribution in [-0.2, 0) is 6.42 Å². The summed E-state index contributed by atoms with van der Waals surface area (Å²) < 4.78 is 0. The largest absolute Gasteiger partial charge is 0.508 e. The predicted molar refractivity (Wildman–Crippen MR) is 93.2 cm³/mol. The van der Waals surface area contributed by atoms with Gasteiger partial charge in [-0.1, -0.05) is 44.1 Å². The van der Waals surface area contributed by atoms with Crippen molar-refractivity contribution in [3.8, 4) is 5.75 Å². The highest BCUT2D eigenvalue weighted by Gasteiger charge is 2.17. The Morgan fingerprint density at radius 1 is 1.09 bits per heavy atom. The lowest BCUT2D eigenvalue weighted by Gasteiger charge is -2.22. The van der Waals surface area contributed by atoms with Crippen molar-refractivity contribution < 1.29 is 10.2 Å². The molecule has 0 spiro atoms. The lowest BCUT2D eigenvalue weighted by atomic mass is 9.98. The molecule has 0 amide bonds. The van der Waals surface area contributed by atoms with Crippen LogP contribution in [0.3, 0.4) is 0 Å². The van der Waals surface area contributed by atoms with Crippen molar-refractivity contribution in [1.29, 1.82) is 0 Å². The number of hydrogen-bond acceptors (Lipinski definition) is 3. The fourth-order valence-electron chi connectivity index (χ4n) is 2.53. The Bertz CT molecular complexity index is 414. The van der Waals surface area contributed by atoms with E-state index in [-0.39, 0.29) is 17.9 Å². The van der Waals surface area contributed by atoms with Gasteiger partial charge in [-0.3, -0.25) is 0 Å². The fourth-order valence-corrected chi connectivity index (χ4v) is 2.53. The van der Waals surface area contributed by atoms with Gasteiger partial charge in [-0.15, -0.1) is 0 Å². The fraction of sp³-hybridized carbons (Fsp3) is 0.579. The van der Waals surface area contributed by atoms with Gasteiger partial charge in [0.15, 0.2) is 0 Å². The van der Waals surface area contributed by atoms with Crippen LogP contribution < -0.4 is 5.32 Å². The van der Waals surface area contributed by atoms with Gasteiger partial charge >= 0.3 is 0 Å². The highest BCUT2D eigenvalue weighted by Crippen LogP contribution is 2.14. The zero-order chi connectivity index (χ0) is 16.2. The van der Waals surface area contributed by atoms with E-state index >= 15 is 0 Å². The van der Waals surface area contributed by atoms with Gasteiger partial charge in [0.05, 0.1) is 6.10 Å². The number of hydrogen-bond donors (Lipinski definition) is 3. The molecule has 0 unspecified atom stereocenters. The van der Waals surface area contributed by atoms with Crippen LogP contribution in [0.2, 0.25) is 0 Å². The van der Waals surface area contributed by atoms with E-state index in [0.29, 0.717) is 0 Å². The molecule has 0 saturated heterocycles. The minimum absolute atomic E-state index is 0.0398. The van der Waals surface area contributed by atoms with Gasteiger partial charge in [-0.05, 0) is 56.8 Å². The molecule has 1 aromatic rings. The van der Waals surface area contributed by atoms with E-state index in [1.807, 2.05) is 19.2 Å². The van der Waals surface area contributed by atoms with Crippen LogP contribution in [0.4, 0.5) is 0 Å². The monoisotopic (exact) mass is 305 g/mol. The number of benzene rings is 1. The number of unbranched alkanes of at least 4 members (excludes halogenated alkanes) is 3. The molecule has 3 heteroatoms. The number of aliphatic hydroxyl groups excluding tert-OH is 1. The van der Waals surface area contributed by atoms with E-state index in [4.69, 9.17) is 0 Å². The smallest absolute Gasteiger partial charge is 0.115 e. The molecular formula is C19H31NO2. The summed E-state index contributed by atoms with van der Waals surface area (Å²) in [6.07, 6.45) is 11.5. The average Bonchev–Trinajstić information content (AvgIpc) is 2.53. The van der Waals surface area contributed by atoms with Crippen LogP contribution in [0.25, 0.3) is 0 Å². The zero-order valence-electron chi connectivity index (χ0n) is 14.0. The third-order valence-electron chi connectivity index (χ3n) is 4.00. The van der Waals surface area contributed by atoms with Crippen molar-refractivity contribution in [3.63, 3.8) is 0 Å². The van der Waals surface area contributed by atoms with Crippen LogP contribution in [0.1, 0.15) is 51.0 Å². The van der Waals surface area contributed by atoms with Gasteiger partial charge < -0.3 is 15.5 Å². The number of phenols is 1. The first kappa shape index (κ1) is 18.7. The molecule has 0 saturated carbocycles. The first-order chi connectivity index (χ1) is 10.7. The van der Waals surface area contributed by atoms with Crippen LogP contribution in [0, 0.1) is 0 Å². The van der Waals surface area contributed by atoms with Crippen molar-refractivity contribution >= 4 is 0 Å². The Labute approximate surface area is 135 Å². The zero-order valence-corrected chi connectivity index (χ0v) is 14.0. The van der Waals surface area contributed by atoms with E-state index in [1.165, 1.54) is 19.3 Å². The maximum Gasteiger partial charge on any atom is 0.115 e. The molecule has 3 N–H and O–H groups in total. The predicted octanol–water partition coefficient (Wildman–Crippen LogP) is 3.80. The molecule has 22 heavy (non-hydrogen) atoms. The van der Waals surface area contributed by atoms with E-state index in [0.717, 1.165) is 31.2 Å². The Balaban J connectivity index is 2.31. The molecule has 0 aliphatic carbocycles. The number of phenolic OH excluding ortho intramolecular Hbond substituents is 1. The highest BCUT2D eigenvalue weighted by molar-refractivity contribution is 5.26. The Kier molecular flexibility index (Phi) is 9.60. The van der Waals surface area contributed by atoms with E-state index in [1.54, 1.807) is 12.1 Å². The van der Waals surface area contributed by atoms with Gasteiger partial charge in [-0.25, -0.2) is 0 Å². The van der Waals surface area contributed by atoms with E-state index in [9.17, 15) is 10.2 Å². The second-order valence-electron chi connectivity index (χ2n) is 5.88. The molecule has 1 rings (SSSR count). The van der Waals surface area contributed by atoms with E-state index < -0.39 is 0 Å². The first-order valence-corrected chi connectivity index (χ1v) is 8.45. The summed E-state index contributed by atoms with van der Waals surface area (Å²) in [6, 6.07) is 7.22. The van der Waals surface area contributed by atoms with Gasteiger partial charge in [0.2, 0.25) is 0 Å². The summed E-state index contributed by atoms with van der Waals surface area (Å²) in [6.45, 7) is 2.21. The summed E-state index contributed by atoms with van der Waals surface area (Å²) in [7, 11) is 1.88. The summed E-state index contributed by atoms with van der Waals surface area (Å²) in [5.41, 5.74) is 1.12. The standard InChI is InChI=1S/C19H31NO2/c1-3-4-5-6-7-8-9-10-19(22)18(20-2)15-16-11-13-17(21)14-12-16/h7-8,11-14,18-22H,3-6,9-10,15H2,1-2H3/b8-7+/t18-,19+/m0/s1. The number of aliphatic hydroxyl groups is 1. The van der Waals surface area contributed by atoms with Gasteiger partial charge in [0, 0.05) is 6.04 Å². The van der Waals surface area contributed by atoms with E-state index in [2.05, 4.69) is 24.4 Å². The second-order valence-corrected chi connectivity index (χ2v) is 5.88. The molecule has 0 radical (unpaired) electrons. The number of nitrogens with one attached hydrogen (secondary N) is 1. The third-order valence-corrected chi connectivity index (χ3v) is 4.00. The summed E-state index contributed by atoms with van der Waals surface area (Å²) in [4.78, 5) is 0. The van der Waals surface area contributed by atoms with Crippen LogP contribution in [0.5, 0.6) is 5.75 Å². The molecule has 2 atom stereocenters. The Morgan fingerprint density at radius 3 is 2.41 bits per heavy atom. The topological polar surface area (TPSA) is 52.5 Å². The Hall–Kier alpha value is -1.32. The Morgan fingerprint density at radius 2 is 1.77 bits per heavy atom. The van der Waals surface area contributed by atoms with Crippen molar-refractivity contribution in [2.45, 2.75) is 64.0 Å². The minimum atomic E-state index is -0.362. The quantitative estimate of drug-likeness (QED) is 0.430. The second kappa shape index (κ2) is 11.3. The summed E-state index contributed by atoms with van der Waals surface area (Å²) >= 11 is 0. The van der Waals surface area contributed by atoms with Crippen LogP contribution >= 0.6 is 0 Å². The first-order valence-electron chi connectivity index (χ1n) is 8.45. The summed E-state index contributed by atoms with van der Waals surface area (Å²) in [5, 5.41) is 22.8. The molecule has 3 nitrogen and oxygen atoms in total. The normalized spacial score (nSPS) is 14.3. The van der Waals surface area contributed by atoms with Gasteiger partial charge in [0.25, 0.3) is 0 Å². The number of allylic oxidation sites excluding steroid dienone is 2. The molecule has 0 aliphatic rings. The van der Waals surface area contributed by atoms with Crippen molar-refractivity contribution in [2.75, 3.05) is 7.05 Å². The number of likely N-dealkylation sites (N-methyl/N-ethyl adjacent to an activating group) is 1. The lowest BCUT2D eigenvalue weighted by molar-refractivity contribution is 0.122. The molecule has 0 bridgehead atoms. The number of aromatic hydroxyl groups is 1. The molecule has 0 aromatic heterocycles. The highest BCUT2D eigenvalue weighted by atomic mass is 16.3. The van der Waals surface area contributed by atoms with Crippen molar-refractivity contribution in [1.82, 2.24) is 5.32 Å². The molecule has 124 valence electrons. The lowest BCUT2D eigenvalue weighted by Crippen LogP contribution is -2.39. The number of rotatable bonds is 11. The van der Waals surface area contributed by atoms with Crippen LogP contribution in [0.15, 0.2) is 36.4 Å². The van der Waals surface area contributed by atoms with Gasteiger partial charge in [0.1, 0.15) is 5.75 Å². The van der Waals surface area contributed by atoms with Crippen molar-refractivity contribution in [2.24, 2.45) is 0 Å². The third kappa shape index (κ3) is 7.62. The average molecular weight is 305 g/mol. The molecule has 0 fully saturated rings. The molecule has 0 heterocycles. The SMILES string of the molecule is CCCCC/C=C/CC[C@@H](O)[C@H](Cc1ccc(O)cc1)NC. The van der Waals surface area contributed by atoms with Crippen LogP contribution in [-0.4, -0.2) is 29.4 Å². The molecule has 1 aromatic carbocycles. The minimum Gasteiger partial charge on any atom is -0.508 e. The molecule has 0 aliphatic heterocycles. The van der Waals surface area contributed by atoms with Crippen molar-refractivity contribution in [3.05, 3.63) is 42.0 Å². The maximum absolute atomic E-state index is 10.3. The maximum atomic E-state index is 10.3. The molecular weight excluding hydrogens is 274 g/mol. The summed E-state index contributed by atoms with van der Waals surface area (Å²) in [5.74, 6) is 0.276.